The van der Waals surface area contributed by atoms with Crippen LogP contribution >= 0.6 is 0 Å². The van der Waals surface area contributed by atoms with E-state index in [1.54, 1.807) is 14.2 Å². The average molecular weight is 323 g/mol. The summed E-state index contributed by atoms with van der Waals surface area (Å²) in [6.45, 7) is 7.02. The molecule has 0 aliphatic carbocycles. The van der Waals surface area contributed by atoms with E-state index >= 15 is 0 Å². The van der Waals surface area contributed by atoms with Crippen molar-refractivity contribution in [3.05, 3.63) is 24.3 Å². The lowest BCUT2D eigenvalue weighted by molar-refractivity contribution is 0.145. The maximum atomic E-state index is 5.85. The second-order valence-electron chi connectivity index (χ2n) is 5.03. The van der Waals surface area contributed by atoms with Gasteiger partial charge in [0.15, 0.2) is 5.96 Å². The third-order valence-electron chi connectivity index (χ3n) is 3.14. The van der Waals surface area contributed by atoms with E-state index in [0.717, 1.165) is 43.6 Å². The zero-order chi connectivity index (χ0) is 16.9. The summed E-state index contributed by atoms with van der Waals surface area (Å²) in [6.07, 6.45) is 0.970. The molecular formula is C17H29N3O3. The molecule has 6 nitrogen and oxygen atoms in total. The monoisotopic (exact) mass is 323 g/mol. The number of rotatable bonds is 10. The molecule has 1 aromatic rings. The topological polar surface area (TPSA) is 64.1 Å². The van der Waals surface area contributed by atoms with Gasteiger partial charge in [0.05, 0.1) is 13.7 Å². The van der Waals surface area contributed by atoms with Crippen molar-refractivity contribution in [3.63, 3.8) is 0 Å². The summed E-state index contributed by atoms with van der Waals surface area (Å²) in [5.41, 5.74) is 0. The van der Waals surface area contributed by atoms with Gasteiger partial charge in [-0.2, -0.15) is 0 Å². The Bertz CT molecular complexity index is 449. The zero-order valence-electron chi connectivity index (χ0n) is 14.6. The van der Waals surface area contributed by atoms with Gasteiger partial charge in [-0.05, 0) is 44.5 Å². The van der Waals surface area contributed by atoms with Crippen molar-refractivity contribution in [3.8, 4) is 11.5 Å². The quantitative estimate of drug-likeness (QED) is 0.392. The highest BCUT2D eigenvalue weighted by molar-refractivity contribution is 5.79. The molecule has 0 aliphatic heterocycles. The molecule has 0 aromatic heterocycles. The van der Waals surface area contributed by atoms with Crippen LogP contribution in [-0.2, 0) is 4.74 Å². The molecule has 1 rings (SSSR count). The molecule has 0 radical (unpaired) electrons. The first-order chi connectivity index (χ1) is 11.2. The van der Waals surface area contributed by atoms with Crippen LogP contribution in [0.3, 0.4) is 0 Å². The van der Waals surface area contributed by atoms with Crippen molar-refractivity contribution in [2.75, 3.05) is 40.5 Å². The van der Waals surface area contributed by atoms with E-state index in [1.165, 1.54) is 0 Å². The minimum absolute atomic E-state index is 0.0189. The molecule has 0 amide bonds. The van der Waals surface area contributed by atoms with E-state index < -0.39 is 0 Å². The Morgan fingerprint density at radius 3 is 2.48 bits per heavy atom. The molecule has 0 aliphatic rings. The van der Waals surface area contributed by atoms with Crippen LogP contribution in [0.25, 0.3) is 0 Å². The minimum Gasteiger partial charge on any atom is -0.497 e. The van der Waals surface area contributed by atoms with Crippen molar-refractivity contribution in [1.29, 1.82) is 0 Å². The van der Waals surface area contributed by atoms with Gasteiger partial charge in [0.2, 0.25) is 0 Å². The van der Waals surface area contributed by atoms with Crippen molar-refractivity contribution >= 4 is 5.96 Å². The smallest absolute Gasteiger partial charge is 0.191 e. The van der Waals surface area contributed by atoms with E-state index in [9.17, 15) is 0 Å². The van der Waals surface area contributed by atoms with Gasteiger partial charge in [0.25, 0.3) is 0 Å². The minimum atomic E-state index is 0.0189. The summed E-state index contributed by atoms with van der Waals surface area (Å²) in [5.74, 6) is 2.41. The van der Waals surface area contributed by atoms with Gasteiger partial charge in [-0.25, -0.2) is 0 Å². The highest BCUT2D eigenvalue weighted by atomic mass is 16.5. The Morgan fingerprint density at radius 2 is 1.87 bits per heavy atom. The van der Waals surface area contributed by atoms with Crippen LogP contribution in [0.4, 0.5) is 0 Å². The molecule has 1 atom stereocenters. The fraction of sp³-hybridized carbons (Fsp3) is 0.588. The van der Waals surface area contributed by atoms with Crippen molar-refractivity contribution < 1.29 is 14.2 Å². The fourth-order valence-electron chi connectivity index (χ4n) is 1.91. The van der Waals surface area contributed by atoms with E-state index in [4.69, 9.17) is 14.2 Å². The molecule has 0 fully saturated rings. The Labute approximate surface area is 139 Å². The molecule has 0 saturated heterocycles. The number of aliphatic imine (C=N–C) groups is 1. The highest BCUT2D eigenvalue weighted by Gasteiger charge is 2.06. The maximum absolute atomic E-state index is 5.85. The molecule has 0 bridgehead atoms. The molecule has 2 N–H and O–H groups in total. The Morgan fingerprint density at radius 1 is 1.17 bits per heavy atom. The standard InChI is InChI=1S/C17H29N3O3/c1-5-22-12-6-11-19-17(18-3)20-13-14(2)23-16-9-7-15(21-4)8-10-16/h7-10,14H,5-6,11-13H2,1-4H3,(H2,18,19,20). The number of benzene rings is 1. The number of methoxy groups -OCH3 is 1. The first kappa shape index (κ1) is 19.1. The molecule has 130 valence electrons. The normalized spacial score (nSPS) is 12.6. The van der Waals surface area contributed by atoms with Crippen LogP contribution in [0.5, 0.6) is 11.5 Å². The molecule has 23 heavy (non-hydrogen) atoms. The largest absolute Gasteiger partial charge is 0.497 e. The van der Waals surface area contributed by atoms with Crippen LogP contribution in [0.2, 0.25) is 0 Å². The van der Waals surface area contributed by atoms with Gasteiger partial charge in [0, 0.05) is 26.8 Å². The molecule has 0 spiro atoms. The molecule has 1 aromatic carbocycles. The van der Waals surface area contributed by atoms with Crippen LogP contribution in [-0.4, -0.2) is 52.5 Å². The first-order valence-corrected chi connectivity index (χ1v) is 8.02. The SMILES string of the molecule is CCOCCCNC(=NC)NCC(C)Oc1ccc(OC)cc1. The molecular weight excluding hydrogens is 294 g/mol. The van der Waals surface area contributed by atoms with E-state index in [1.807, 2.05) is 38.1 Å². The van der Waals surface area contributed by atoms with Gasteiger partial charge in [-0.1, -0.05) is 0 Å². The Kier molecular flexibility index (Phi) is 9.63. The summed E-state index contributed by atoms with van der Waals surface area (Å²) in [7, 11) is 3.41. The molecule has 6 heteroatoms. The summed E-state index contributed by atoms with van der Waals surface area (Å²) in [6, 6.07) is 7.56. The van der Waals surface area contributed by atoms with E-state index in [2.05, 4.69) is 15.6 Å². The molecule has 0 saturated carbocycles. The maximum Gasteiger partial charge on any atom is 0.191 e. The number of hydrogen-bond acceptors (Lipinski definition) is 4. The number of hydrogen-bond donors (Lipinski definition) is 2. The summed E-state index contributed by atoms with van der Waals surface area (Å²) in [5, 5.41) is 6.50. The molecule has 0 heterocycles. The third-order valence-corrected chi connectivity index (χ3v) is 3.14. The summed E-state index contributed by atoms with van der Waals surface area (Å²) in [4.78, 5) is 4.19. The van der Waals surface area contributed by atoms with Crippen molar-refractivity contribution in [1.82, 2.24) is 10.6 Å². The van der Waals surface area contributed by atoms with Crippen LogP contribution < -0.4 is 20.1 Å². The Balaban J connectivity index is 2.25. The number of nitrogens with zero attached hydrogens (tertiary/aromatic N) is 1. The lowest BCUT2D eigenvalue weighted by Gasteiger charge is -2.18. The average Bonchev–Trinajstić information content (AvgIpc) is 2.58. The van der Waals surface area contributed by atoms with Gasteiger partial charge in [0.1, 0.15) is 17.6 Å². The van der Waals surface area contributed by atoms with E-state index in [0.29, 0.717) is 6.54 Å². The first-order valence-electron chi connectivity index (χ1n) is 8.02. The van der Waals surface area contributed by atoms with Gasteiger partial charge >= 0.3 is 0 Å². The second kappa shape index (κ2) is 11.6. The Hall–Kier alpha value is -1.95. The van der Waals surface area contributed by atoms with Gasteiger partial charge in [-0.15, -0.1) is 0 Å². The number of ether oxygens (including phenoxy) is 3. The summed E-state index contributed by atoms with van der Waals surface area (Å²) < 4.78 is 16.3. The predicted octanol–water partition coefficient (Wildman–Crippen LogP) is 2.05. The highest BCUT2D eigenvalue weighted by Crippen LogP contribution is 2.17. The second-order valence-corrected chi connectivity index (χ2v) is 5.03. The lowest BCUT2D eigenvalue weighted by Crippen LogP contribution is -2.42. The zero-order valence-corrected chi connectivity index (χ0v) is 14.6. The number of guanidine groups is 1. The van der Waals surface area contributed by atoms with Crippen molar-refractivity contribution in [2.45, 2.75) is 26.4 Å². The fourth-order valence-corrected chi connectivity index (χ4v) is 1.91. The van der Waals surface area contributed by atoms with Crippen LogP contribution in [0.1, 0.15) is 20.3 Å². The van der Waals surface area contributed by atoms with Gasteiger partial charge < -0.3 is 24.8 Å². The third kappa shape index (κ3) is 8.30. The van der Waals surface area contributed by atoms with Gasteiger partial charge in [-0.3, -0.25) is 4.99 Å². The van der Waals surface area contributed by atoms with E-state index in [-0.39, 0.29) is 6.10 Å². The molecule has 1 unspecified atom stereocenters. The van der Waals surface area contributed by atoms with Crippen LogP contribution in [0.15, 0.2) is 29.3 Å². The predicted molar refractivity (Wildman–Crippen MR) is 93.6 cm³/mol. The number of nitrogens with one attached hydrogen (secondary N) is 2. The summed E-state index contributed by atoms with van der Waals surface area (Å²) >= 11 is 0. The van der Waals surface area contributed by atoms with Crippen LogP contribution in [0, 0.1) is 0 Å². The van der Waals surface area contributed by atoms with Crippen molar-refractivity contribution in [2.24, 2.45) is 4.99 Å². The lowest BCUT2D eigenvalue weighted by atomic mass is 10.3.